The van der Waals surface area contributed by atoms with Crippen molar-refractivity contribution in [3.8, 4) is 17.2 Å². The zero-order valence-electron chi connectivity index (χ0n) is 16.8. The van der Waals surface area contributed by atoms with Gasteiger partial charge in [0.1, 0.15) is 11.5 Å². The molecule has 2 aliphatic rings. The number of benzene rings is 3. The fourth-order valence-electron chi connectivity index (χ4n) is 3.99. The molecule has 0 saturated carbocycles. The third-order valence-electron chi connectivity index (χ3n) is 5.40. The second kappa shape index (κ2) is 8.03. The van der Waals surface area contributed by atoms with Crippen LogP contribution in [0.3, 0.4) is 0 Å². The Morgan fingerprint density at radius 2 is 1.67 bits per heavy atom. The number of anilines is 1. The summed E-state index contributed by atoms with van der Waals surface area (Å²) in [4.78, 5) is 27.6. The zero-order chi connectivity index (χ0) is 23.3. The highest BCUT2D eigenvalue weighted by Crippen LogP contribution is 2.44. The number of Topliss-reactive ketones (excluding diaryl/α,β-unsaturated/α-hetero) is 1. The number of ketones is 1. The van der Waals surface area contributed by atoms with Gasteiger partial charge in [0.05, 0.1) is 11.6 Å². The lowest BCUT2D eigenvalue weighted by molar-refractivity contribution is -0.132. The molecule has 2 N–H and O–H groups in total. The van der Waals surface area contributed by atoms with E-state index in [4.69, 9.17) is 32.7 Å². The average Bonchev–Trinajstić information content (AvgIpc) is 3.34. The number of amides is 1. The number of hydrogen-bond donors (Lipinski definition) is 2. The molecule has 0 aromatic heterocycles. The third-order valence-corrected chi connectivity index (χ3v) is 5.84. The van der Waals surface area contributed by atoms with E-state index in [1.807, 2.05) is 0 Å². The number of carbonyl (C=O) groups excluding carboxylic acids is 2. The highest BCUT2D eigenvalue weighted by Gasteiger charge is 2.47. The van der Waals surface area contributed by atoms with Gasteiger partial charge in [-0.05, 0) is 54.1 Å². The van der Waals surface area contributed by atoms with Crippen LogP contribution in [0.25, 0.3) is 5.76 Å². The molecule has 1 fully saturated rings. The van der Waals surface area contributed by atoms with E-state index in [0.717, 1.165) is 0 Å². The van der Waals surface area contributed by atoms with Crippen LogP contribution in [0.1, 0.15) is 17.2 Å². The summed E-state index contributed by atoms with van der Waals surface area (Å²) >= 11 is 12.3. The van der Waals surface area contributed by atoms with Crippen molar-refractivity contribution < 1.29 is 29.3 Å². The number of phenolic OH excluding ortho intramolecular Hbond substituents is 1. The zero-order valence-corrected chi connectivity index (χ0v) is 18.3. The van der Waals surface area contributed by atoms with Crippen LogP contribution < -0.4 is 14.4 Å². The average molecular weight is 484 g/mol. The second-order valence-electron chi connectivity index (χ2n) is 7.46. The molecule has 0 aliphatic carbocycles. The lowest BCUT2D eigenvalue weighted by atomic mass is 9.95. The molecule has 5 rings (SSSR count). The molecule has 0 spiro atoms. The van der Waals surface area contributed by atoms with Gasteiger partial charge in [-0.15, -0.1) is 0 Å². The Labute approximate surface area is 198 Å². The quantitative estimate of drug-likeness (QED) is 0.307. The van der Waals surface area contributed by atoms with Crippen molar-refractivity contribution in [2.45, 2.75) is 6.04 Å². The van der Waals surface area contributed by atoms with Crippen molar-refractivity contribution in [1.29, 1.82) is 0 Å². The van der Waals surface area contributed by atoms with Crippen LogP contribution in [0.4, 0.5) is 5.69 Å². The molecule has 166 valence electrons. The lowest BCUT2D eigenvalue weighted by Gasteiger charge is -2.26. The third kappa shape index (κ3) is 3.65. The van der Waals surface area contributed by atoms with Gasteiger partial charge in [-0.25, -0.2) is 0 Å². The maximum atomic E-state index is 13.2. The van der Waals surface area contributed by atoms with Gasteiger partial charge in [-0.3, -0.25) is 14.5 Å². The molecule has 7 nitrogen and oxygen atoms in total. The van der Waals surface area contributed by atoms with Crippen molar-refractivity contribution >= 4 is 46.3 Å². The summed E-state index contributed by atoms with van der Waals surface area (Å²) in [5.41, 5.74) is 0.798. The van der Waals surface area contributed by atoms with E-state index < -0.39 is 23.5 Å². The van der Waals surface area contributed by atoms with Crippen molar-refractivity contribution in [2.75, 3.05) is 11.7 Å². The Morgan fingerprint density at radius 1 is 0.939 bits per heavy atom. The summed E-state index contributed by atoms with van der Waals surface area (Å²) in [6.07, 6.45) is 0. The molecular formula is C24H15Cl2NO6. The van der Waals surface area contributed by atoms with Crippen LogP contribution in [-0.2, 0) is 9.59 Å². The van der Waals surface area contributed by atoms with E-state index in [0.29, 0.717) is 17.1 Å². The fraction of sp³-hybridized carbons (Fsp3) is 0.0833. The number of hydrogen-bond acceptors (Lipinski definition) is 6. The van der Waals surface area contributed by atoms with E-state index in [2.05, 4.69) is 0 Å². The fourth-order valence-corrected chi connectivity index (χ4v) is 4.50. The summed E-state index contributed by atoms with van der Waals surface area (Å²) in [6.45, 7) is 0.0444. The Bertz CT molecular complexity index is 1330. The molecule has 9 heteroatoms. The summed E-state index contributed by atoms with van der Waals surface area (Å²) in [5.74, 6) is -1.31. The number of halogens is 2. The summed E-state index contributed by atoms with van der Waals surface area (Å²) in [6, 6.07) is 14.2. The van der Waals surface area contributed by atoms with E-state index >= 15 is 0 Å². The van der Waals surface area contributed by atoms with E-state index in [1.165, 1.54) is 41.3 Å². The molecule has 3 aromatic carbocycles. The number of rotatable bonds is 3. The van der Waals surface area contributed by atoms with Gasteiger partial charge in [0, 0.05) is 21.3 Å². The SMILES string of the molecule is O=C1C(=O)N(c2cc(Cl)cc(Cl)c2)C(c2cccc(O)c2)/C1=C(/O)c1ccc2c(c1)OCO2. The molecule has 1 saturated heterocycles. The number of aliphatic hydroxyl groups is 1. The van der Waals surface area contributed by atoms with Crippen LogP contribution in [-0.4, -0.2) is 28.7 Å². The Hall–Kier alpha value is -3.68. The summed E-state index contributed by atoms with van der Waals surface area (Å²) in [5, 5.41) is 21.8. The minimum atomic E-state index is -1.04. The van der Waals surface area contributed by atoms with Gasteiger partial charge in [-0.1, -0.05) is 35.3 Å². The van der Waals surface area contributed by atoms with Crippen LogP contribution in [0.5, 0.6) is 17.2 Å². The topological polar surface area (TPSA) is 96.3 Å². The van der Waals surface area contributed by atoms with Crippen LogP contribution in [0.2, 0.25) is 10.0 Å². The molecule has 1 unspecified atom stereocenters. The van der Waals surface area contributed by atoms with Gasteiger partial charge in [0.2, 0.25) is 6.79 Å². The number of aliphatic hydroxyl groups excluding tert-OH is 1. The molecule has 2 aliphatic heterocycles. The van der Waals surface area contributed by atoms with Crippen molar-refractivity contribution in [3.05, 3.63) is 87.4 Å². The maximum absolute atomic E-state index is 13.2. The van der Waals surface area contributed by atoms with Crippen LogP contribution in [0.15, 0.2) is 66.2 Å². The number of phenols is 1. The van der Waals surface area contributed by atoms with E-state index in [9.17, 15) is 19.8 Å². The first-order chi connectivity index (χ1) is 15.8. The Balaban J connectivity index is 1.73. The highest BCUT2D eigenvalue weighted by atomic mass is 35.5. The number of ether oxygens (including phenoxy) is 2. The van der Waals surface area contributed by atoms with Gasteiger partial charge >= 0.3 is 0 Å². The van der Waals surface area contributed by atoms with Gasteiger partial charge in [0.25, 0.3) is 11.7 Å². The first-order valence-corrected chi connectivity index (χ1v) is 10.5. The molecule has 1 amide bonds. The molecule has 33 heavy (non-hydrogen) atoms. The predicted molar refractivity (Wildman–Crippen MR) is 122 cm³/mol. The number of carbonyl (C=O) groups is 2. The van der Waals surface area contributed by atoms with Gasteiger partial charge in [-0.2, -0.15) is 0 Å². The van der Waals surface area contributed by atoms with Gasteiger partial charge in [0.15, 0.2) is 11.5 Å². The smallest absolute Gasteiger partial charge is 0.300 e. The van der Waals surface area contributed by atoms with Crippen molar-refractivity contribution in [2.24, 2.45) is 0 Å². The lowest BCUT2D eigenvalue weighted by Crippen LogP contribution is -2.29. The monoisotopic (exact) mass is 483 g/mol. The molecule has 0 bridgehead atoms. The standard InChI is InChI=1S/C24H15Cl2NO6/c25-14-8-15(26)10-16(9-14)27-21(12-2-1-3-17(28)6-12)20(23(30)24(27)31)22(29)13-4-5-18-19(7-13)33-11-32-18/h1-10,21,28-29H,11H2/b22-20-. The maximum Gasteiger partial charge on any atom is 0.300 e. The normalized spacial score (nSPS) is 18.7. The Kier molecular flexibility index (Phi) is 5.15. The van der Waals surface area contributed by atoms with E-state index in [1.54, 1.807) is 24.3 Å². The molecular weight excluding hydrogens is 469 g/mol. The summed E-state index contributed by atoms with van der Waals surface area (Å²) in [7, 11) is 0. The first kappa shape index (κ1) is 21.2. The van der Waals surface area contributed by atoms with Crippen molar-refractivity contribution in [1.82, 2.24) is 0 Å². The highest BCUT2D eigenvalue weighted by molar-refractivity contribution is 6.52. The minimum Gasteiger partial charge on any atom is -0.508 e. The number of fused-ring (bicyclic) bond motifs is 1. The van der Waals surface area contributed by atoms with Crippen LogP contribution >= 0.6 is 23.2 Å². The van der Waals surface area contributed by atoms with Crippen molar-refractivity contribution in [3.63, 3.8) is 0 Å². The molecule has 0 radical (unpaired) electrons. The van der Waals surface area contributed by atoms with Crippen LogP contribution in [0, 0.1) is 0 Å². The largest absolute Gasteiger partial charge is 0.508 e. The molecule has 3 aromatic rings. The second-order valence-corrected chi connectivity index (χ2v) is 8.33. The minimum absolute atomic E-state index is 0.0444. The predicted octanol–water partition coefficient (Wildman–Crippen LogP) is 5.05. The molecule has 2 heterocycles. The molecule has 1 atom stereocenters. The number of nitrogens with zero attached hydrogens (tertiary/aromatic N) is 1. The number of aromatic hydroxyl groups is 1. The first-order valence-electron chi connectivity index (χ1n) is 9.79. The van der Waals surface area contributed by atoms with Gasteiger partial charge < -0.3 is 19.7 Å². The van der Waals surface area contributed by atoms with E-state index in [-0.39, 0.29) is 39.4 Å². The Morgan fingerprint density at radius 3 is 2.39 bits per heavy atom. The summed E-state index contributed by atoms with van der Waals surface area (Å²) < 4.78 is 10.7.